The van der Waals surface area contributed by atoms with E-state index in [1.165, 1.54) is 0 Å². The monoisotopic (exact) mass is 267 g/mol. The smallest absolute Gasteiger partial charge is 0.155 e. The molecule has 1 unspecified atom stereocenters. The Labute approximate surface area is 110 Å². The SMILES string of the molecule is CNC(CS(=O)(=O)Cc1cccc(C)c1)C1CC1. The molecular weight excluding hydrogens is 246 g/mol. The second-order valence-corrected chi connectivity index (χ2v) is 7.39. The first-order chi connectivity index (χ1) is 8.50. The lowest BCUT2D eigenvalue weighted by atomic mass is 10.2. The first-order valence-corrected chi connectivity index (χ1v) is 8.25. The lowest BCUT2D eigenvalue weighted by Crippen LogP contribution is -2.35. The van der Waals surface area contributed by atoms with Crippen molar-refractivity contribution in [2.24, 2.45) is 5.92 Å². The van der Waals surface area contributed by atoms with E-state index >= 15 is 0 Å². The third-order valence-corrected chi connectivity index (χ3v) is 5.10. The van der Waals surface area contributed by atoms with Gasteiger partial charge in [-0.15, -0.1) is 0 Å². The molecular formula is C14H21NO2S. The van der Waals surface area contributed by atoms with Crippen molar-refractivity contribution in [3.8, 4) is 0 Å². The average Bonchev–Trinajstić information content (AvgIpc) is 3.09. The molecule has 1 aliphatic carbocycles. The predicted octanol–water partition coefficient (Wildman–Crippen LogP) is 1.91. The highest BCUT2D eigenvalue weighted by molar-refractivity contribution is 7.90. The van der Waals surface area contributed by atoms with E-state index in [4.69, 9.17) is 0 Å². The van der Waals surface area contributed by atoms with Crippen LogP contribution in [0.4, 0.5) is 0 Å². The highest BCUT2D eigenvalue weighted by Gasteiger charge is 2.33. The maximum absolute atomic E-state index is 12.2. The van der Waals surface area contributed by atoms with Gasteiger partial charge in [0.25, 0.3) is 0 Å². The van der Waals surface area contributed by atoms with E-state index in [0.717, 1.165) is 24.0 Å². The van der Waals surface area contributed by atoms with Gasteiger partial charge in [-0.3, -0.25) is 0 Å². The number of sulfone groups is 1. The van der Waals surface area contributed by atoms with Gasteiger partial charge in [-0.05, 0) is 38.3 Å². The van der Waals surface area contributed by atoms with E-state index in [0.29, 0.717) is 5.92 Å². The average molecular weight is 267 g/mol. The lowest BCUT2D eigenvalue weighted by Gasteiger charge is -2.15. The van der Waals surface area contributed by atoms with Crippen LogP contribution in [0.1, 0.15) is 24.0 Å². The van der Waals surface area contributed by atoms with Gasteiger partial charge in [-0.25, -0.2) is 8.42 Å². The van der Waals surface area contributed by atoms with Crippen molar-refractivity contribution in [1.82, 2.24) is 5.32 Å². The fourth-order valence-corrected chi connectivity index (χ4v) is 4.13. The van der Waals surface area contributed by atoms with Gasteiger partial charge in [-0.1, -0.05) is 29.8 Å². The fourth-order valence-electron chi connectivity index (χ4n) is 2.34. The summed E-state index contributed by atoms with van der Waals surface area (Å²) in [5, 5.41) is 3.14. The summed E-state index contributed by atoms with van der Waals surface area (Å²) in [6.45, 7) is 1.98. The zero-order chi connectivity index (χ0) is 13.2. The quantitative estimate of drug-likeness (QED) is 0.856. The molecule has 1 aromatic carbocycles. The van der Waals surface area contributed by atoms with Crippen LogP contribution in [-0.2, 0) is 15.6 Å². The molecule has 100 valence electrons. The van der Waals surface area contributed by atoms with Crippen LogP contribution >= 0.6 is 0 Å². The number of hydrogen-bond acceptors (Lipinski definition) is 3. The molecule has 18 heavy (non-hydrogen) atoms. The maximum Gasteiger partial charge on any atom is 0.155 e. The maximum atomic E-state index is 12.2. The van der Waals surface area contributed by atoms with Crippen LogP contribution in [0.15, 0.2) is 24.3 Å². The van der Waals surface area contributed by atoms with Crippen LogP contribution in [0.2, 0.25) is 0 Å². The van der Waals surface area contributed by atoms with Crippen molar-refractivity contribution in [2.75, 3.05) is 12.8 Å². The van der Waals surface area contributed by atoms with Gasteiger partial charge >= 0.3 is 0 Å². The number of nitrogens with one attached hydrogen (secondary N) is 1. The molecule has 1 atom stereocenters. The third-order valence-electron chi connectivity index (χ3n) is 3.46. The third kappa shape index (κ3) is 3.82. The predicted molar refractivity (Wildman–Crippen MR) is 74.2 cm³/mol. The summed E-state index contributed by atoms with van der Waals surface area (Å²) in [6.07, 6.45) is 2.32. The normalized spacial score (nSPS) is 17.7. The summed E-state index contributed by atoms with van der Waals surface area (Å²) in [6, 6.07) is 7.85. The van der Waals surface area contributed by atoms with Crippen molar-refractivity contribution in [2.45, 2.75) is 31.6 Å². The Morgan fingerprint density at radius 3 is 2.67 bits per heavy atom. The minimum absolute atomic E-state index is 0.125. The van der Waals surface area contributed by atoms with E-state index < -0.39 is 9.84 Å². The molecule has 0 spiro atoms. The summed E-state index contributed by atoms with van der Waals surface area (Å²) >= 11 is 0. The van der Waals surface area contributed by atoms with Gasteiger partial charge in [0.15, 0.2) is 9.84 Å². The van der Waals surface area contributed by atoms with Crippen molar-refractivity contribution >= 4 is 9.84 Å². The van der Waals surface area contributed by atoms with Gasteiger partial charge in [0, 0.05) is 6.04 Å². The van der Waals surface area contributed by atoms with E-state index in [1.807, 2.05) is 38.2 Å². The molecule has 1 N–H and O–H groups in total. The Bertz CT molecular complexity index is 506. The zero-order valence-electron chi connectivity index (χ0n) is 11.0. The summed E-state index contributed by atoms with van der Waals surface area (Å²) < 4.78 is 24.3. The molecule has 1 fully saturated rings. The topological polar surface area (TPSA) is 46.2 Å². The van der Waals surface area contributed by atoms with Crippen LogP contribution in [0, 0.1) is 12.8 Å². The largest absolute Gasteiger partial charge is 0.316 e. The summed E-state index contributed by atoms with van der Waals surface area (Å²) in [5.41, 5.74) is 2.00. The first kappa shape index (κ1) is 13.6. The molecule has 1 aliphatic rings. The molecule has 0 aromatic heterocycles. The van der Waals surface area contributed by atoms with Crippen LogP contribution in [-0.4, -0.2) is 27.3 Å². The minimum atomic E-state index is -3.03. The van der Waals surface area contributed by atoms with Crippen molar-refractivity contribution in [3.05, 3.63) is 35.4 Å². The Kier molecular flexibility index (Phi) is 4.07. The van der Waals surface area contributed by atoms with Gasteiger partial charge in [0.05, 0.1) is 11.5 Å². The van der Waals surface area contributed by atoms with Crippen LogP contribution in [0.3, 0.4) is 0 Å². The number of aryl methyl sites for hydroxylation is 1. The van der Waals surface area contributed by atoms with Crippen LogP contribution < -0.4 is 5.32 Å². The van der Waals surface area contributed by atoms with Crippen molar-refractivity contribution in [3.63, 3.8) is 0 Å². The Balaban J connectivity index is 2.02. The molecule has 0 saturated heterocycles. The standard InChI is InChI=1S/C14H21NO2S/c1-11-4-3-5-12(8-11)9-18(16,17)10-14(15-2)13-6-7-13/h3-5,8,13-15H,6-7,9-10H2,1-2H3. The Morgan fingerprint density at radius 2 is 2.11 bits per heavy atom. The Morgan fingerprint density at radius 1 is 1.39 bits per heavy atom. The van der Waals surface area contributed by atoms with Crippen molar-refractivity contribution < 1.29 is 8.42 Å². The molecule has 2 rings (SSSR count). The molecule has 0 heterocycles. The minimum Gasteiger partial charge on any atom is -0.316 e. The lowest BCUT2D eigenvalue weighted by molar-refractivity contribution is 0.527. The molecule has 0 amide bonds. The Hall–Kier alpha value is -0.870. The number of rotatable bonds is 6. The second-order valence-electron chi connectivity index (χ2n) is 5.28. The van der Waals surface area contributed by atoms with Gasteiger partial charge < -0.3 is 5.32 Å². The van der Waals surface area contributed by atoms with Crippen LogP contribution in [0.5, 0.6) is 0 Å². The fraction of sp³-hybridized carbons (Fsp3) is 0.571. The summed E-state index contributed by atoms with van der Waals surface area (Å²) in [7, 11) is -1.18. The molecule has 0 radical (unpaired) electrons. The van der Waals surface area contributed by atoms with Crippen molar-refractivity contribution in [1.29, 1.82) is 0 Å². The van der Waals surface area contributed by atoms with Gasteiger partial charge in [0.2, 0.25) is 0 Å². The van der Waals surface area contributed by atoms with Gasteiger partial charge in [-0.2, -0.15) is 0 Å². The van der Waals surface area contributed by atoms with Gasteiger partial charge in [0.1, 0.15) is 0 Å². The van der Waals surface area contributed by atoms with E-state index in [9.17, 15) is 8.42 Å². The van der Waals surface area contributed by atoms with Crippen LogP contribution in [0.25, 0.3) is 0 Å². The zero-order valence-corrected chi connectivity index (χ0v) is 11.8. The molecule has 1 aromatic rings. The van der Waals surface area contributed by atoms with E-state index in [1.54, 1.807) is 0 Å². The molecule has 4 heteroatoms. The summed E-state index contributed by atoms with van der Waals surface area (Å²) in [5.74, 6) is 0.962. The van der Waals surface area contributed by atoms with E-state index in [2.05, 4.69) is 5.32 Å². The summed E-state index contributed by atoms with van der Waals surface area (Å²) in [4.78, 5) is 0. The number of benzene rings is 1. The van der Waals surface area contributed by atoms with E-state index in [-0.39, 0.29) is 17.5 Å². The molecule has 3 nitrogen and oxygen atoms in total. The molecule has 0 aliphatic heterocycles. The highest BCUT2D eigenvalue weighted by atomic mass is 32.2. The molecule has 0 bridgehead atoms. The number of hydrogen-bond donors (Lipinski definition) is 1. The second kappa shape index (κ2) is 5.41. The first-order valence-electron chi connectivity index (χ1n) is 6.43. The molecule has 1 saturated carbocycles. The highest BCUT2D eigenvalue weighted by Crippen LogP contribution is 2.33.